The molecule has 1 saturated heterocycles. The van der Waals surface area contributed by atoms with E-state index in [0.717, 1.165) is 5.56 Å². The standard InChI is InChI=1S/C15H21FN2O2/c16-14(11-17-10-12-4-2-1-3-5-12)13-6-8-18(9-7-13)15(19)20/h1-5,13-14,17H,6-11H2,(H,19,20). The van der Waals surface area contributed by atoms with E-state index in [1.165, 1.54) is 4.90 Å². The van der Waals surface area contributed by atoms with Gasteiger partial charge in [0, 0.05) is 26.2 Å². The minimum atomic E-state index is -0.908. The monoisotopic (exact) mass is 280 g/mol. The van der Waals surface area contributed by atoms with Crippen LogP contribution in [0.15, 0.2) is 30.3 Å². The molecular formula is C15H21FN2O2. The topological polar surface area (TPSA) is 52.6 Å². The van der Waals surface area contributed by atoms with E-state index >= 15 is 0 Å². The van der Waals surface area contributed by atoms with E-state index in [1.54, 1.807) is 0 Å². The number of nitrogens with one attached hydrogen (secondary N) is 1. The Labute approximate surface area is 118 Å². The van der Waals surface area contributed by atoms with Crippen LogP contribution in [0.2, 0.25) is 0 Å². The van der Waals surface area contributed by atoms with Gasteiger partial charge in [-0.15, -0.1) is 0 Å². The molecule has 1 aromatic rings. The van der Waals surface area contributed by atoms with E-state index in [1.807, 2.05) is 30.3 Å². The van der Waals surface area contributed by atoms with E-state index in [2.05, 4.69) is 5.32 Å². The van der Waals surface area contributed by atoms with E-state index in [9.17, 15) is 9.18 Å². The number of hydrogen-bond acceptors (Lipinski definition) is 2. The van der Waals surface area contributed by atoms with Crippen molar-refractivity contribution < 1.29 is 14.3 Å². The Morgan fingerprint density at radius 3 is 2.60 bits per heavy atom. The number of carbonyl (C=O) groups is 1. The molecule has 1 aliphatic rings. The number of piperidine rings is 1. The first-order valence-corrected chi connectivity index (χ1v) is 7.03. The van der Waals surface area contributed by atoms with Gasteiger partial charge in [-0.25, -0.2) is 9.18 Å². The van der Waals surface area contributed by atoms with Crippen molar-refractivity contribution in [3.8, 4) is 0 Å². The Bertz CT molecular complexity index is 419. The summed E-state index contributed by atoms with van der Waals surface area (Å²) < 4.78 is 14.1. The van der Waals surface area contributed by atoms with Crippen LogP contribution in [-0.2, 0) is 6.54 Å². The van der Waals surface area contributed by atoms with Crippen LogP contribution in [0.1, 0.15) is 18.4 Å². The zero-order valence-electron chi connectivity index (χ0n) is 11.5. The summed E-state index contributed by atoms with van der Waals surface area (Å²) in [5, 5.41) is 12.0. The molecule has 5 heteroatoms. The van der Waals surface area contributed by atoms with Crippen molar-refractivity contribution in [2.75, 3.05) is 19.6 Å². The summed E-state index contributed by atoms with van der Waals surface area (Å²) in [6.45, 7) is 1.88. The molecule has 110 valence electrons. The van der Waals surface area contributed by atoms with Crippen LogP contribution < -0.4 is 5.32 Å². The van der Waals surface area contributed by atoms with Crippen LogP contribution in [0.25, 0.3) is 0 Å². The molecule has 1 amide bonds. The van der Waals surface area contributed by atoms with Gasteiger partial charge in [0.05, 0.1) is 0 Å². The summed E-state index contributed by atoms with van der Waals surface area (Å²) in [6, 6.07) is 9.89. The number of likely N-dealkylation sites (tertiary alicyclic amines) is 1. The quantitative estimate of drug-likeness (QED) is 0.871. The number of rotatable bonds is 5. The number of nitrogens with zero attached hydrogens (tertiary/aromatic N) is 1. The molecule has 0 aliphatic carbocycles. The molecular weight excluding hydrogens is 259 g/mol. The van der Waals surface area contributed by atoms with E-state index in [4.69, 9.17) is 5.11 Å². The van der Waals surface area contributed by atoms with E-state index < -0.39 is 12.3 Å². The normalized spacial score (nSPS) is 17.9. The molecule has 1 aromatic carbocycles. The van der Waals surface area contributed by atoms with Crippen LogP contribution in [0.5, 0.6) is 0 Å². The lowest BCUT2D eigenvalue weighted by molar-refractivity contribution is 0.100. The molecule has 1 aliphatic heterocycles. The van der Waals surface area contributed by atoms with Crippen molar-refractivity contribution in [2.45, 2.75) is 25.6 Å². The Balaban J connectivity index is 1.68. The second kappa shape index (κ2) is 7.24. The molecule has 0 spiro atoms. The van der Waals surface area contributed by atoms with Crippen molar-refractivity contribution in [3.63, 3.8) is 0 Å². The van der Waals surface area contributed by atoms with Crippen molar-refractivity contribution in [1.82, 2.24) is 10.2 Å². The van der Waals surface area contributed by atoms with Crippen molar-refractivity contribution in [2.24, 2.45) is 5.92 Å². The van der Waals surface area contributed by atoms with Crippen LogP contribution in [0.3, 0.4) is 0 Å². The molecule has 0 aromatic heterocycles. The van der Waals surface area contributed by atoms with Gasteiger partial charge < -0.3 is 15.3 Å². The van der Waals surface area contributed by atoms with Gasteiger partial charge in [0.2, 0.25) is 0 Å². The molecule has 2 N–H and O–H groups in total. The average Bonchev–Trinajstić information content (AvgIpc) is 2.48. The highest BCUT2D eigenvalue weighted by Crippen LogP contribution is 2.22. The first-order chi connectivity index (χ1) is 9.66. The van der Waals surface area contributed by atoms with Gasteiger partial charge in [-0.1, -0.05) is 30.3 Å². The zero-order valence-corrected chi connectivity index (χ0v) is 11.5. The number of benzene rings is 1. The lowest BCUT2D eigenvalue weighted by Gasteiger charge is -2.31. The number of alkyl halides is 1. The number of hydrogen-bond donors (Lipinski definition) is 2. The maximum Gasteiger partial charge on any atom is 0.407 e. The molecule has 0 radical (unpaired) electrons. The van der Waals surface area contributed by atoms with Crippen molar-refractivity contribution in [3.05, 3.63) is 35.9 Å². The summed E-state index contributed by atoms with van der Waals surface area (Å²) in [5.41, 5.74) is 1.14. The summed E-state index contributed by atoms with van der Waals surface area (Å²) >= 11 is 0. The minimum Gasteiger partial charge on any atom is -0.465 e. The average molecular weight is 280 g/mol. The number of amides is 1. The Morgan fingerprint density at radius 1 is 1.35 bits per heavy atom. The second-order valence-electron chi connectivity index (χ2n) is 5.24. The fourth-order valence-electron chi connectivity index (χ4n) is 2.57. The minimum absolute atomic E-state index is 0.0335. The first-order valence-electron chi connectivity index (χ1n) is 7.03. The first kappa shape index (κ1) is 14.8. The smallest absolute Gasteiger partial charge is 0.407 e. The van der Waals surface area contributed by atoms with Gasteiger partial charge in [0.1, 0.15) is 6.17 Å². The Morgan fingerprint density at radius 2 is 2.00 bits per heavy atom. The molecule has 1 atom stereocenters. The van der Waals surface area contributed by atoms with Crippen LogP contribution >= 0.6 is 0 Å². The van der Waals surface area contributed by atoms with E-state index in [-0.39, 0.29) is 5.92 Å². The van der Waals surface area contributed by atoms with E-state index in [0.29, 0.717) is 39.0 Å². The maximum absolute atomic E-state index is 14.1. The maximum atomic E-state index is 14.1. The molecule has 4 nitrogen and oxygen atoms in total. The van der Waals surface area contributed by atoms with Crippen LogP contribution in [0.4, 0.5) is 9.18 Å². The molecule has 1 fully saturated rings. The number of halogens is 1. The third-order valence-electron chi connectivity index (χ3n) is 3.83. The van der Waals surface area contributed by atoms with Crippen molar-refractivity contribution in [1.29, 1.82) is 0 Å². The lowest BCUT2D eigenvalue weighted by atomic mass is 9.92. The zero-order chi connectivity index (χ0) is 14.4. The fourth-order valence-corrected chi connectivity index (χ4v) is 2.57. The summed E-state index contributed by atoms with van der Waals surface area (Å²) in [5.74, 6) is -0.0335. The van der Waals surface area contributed by atoms with Crippen molar-refractivity contribution >= 4 is 6.09 Å². The Hall–Kier alpha value is -1.62. The van der Waals surface area contributed by atoms with Gasteiger partial charge in [0.25, 0.3) is 0 Å². The third-order valence-corrected chi connectivity index (χ3v) is 3.83. The SMILES string of the molecule is O=C(O)N1CCC(C(F)CNCc2ccccc2)CC1. The largest absolute Gasteiger partial charge is 0.465 e. The summed E-state index contributed by atoms with van der Waals surface area (Å²) in [4.78, 5) is 12.1. The van der Waals surface area contributed by atoms with Gasteiger partial charge in [0.15, 0.2) is 0 Å². The highest BCUT2D eigenvalue weighted by Gasteiger charge is 2.27. The molecule has 20 heavy (non-hydrogen) atoms. The predicted molar refractivity (Wildman–Crippen MR) is 75.4 cm³/mol. The molecule has 0 saturated carbocycles. The molecule has 1 heterocycles. The fraction of sp³-hybridized carbons (Fsp3) is 0.533. The molecule has 1 unspecified atom stereocenters. The van der Waals surface area contributed by atoms with Gasteiger partial charge in [-0.2, -0.15) is 0 Å². The van der Waals surface area contributed by atoms with Gasteiger partial charge in [-0.05, 0) is 24.3 Å². The van der Waals surface area contributed by atoms with Crippen LogP contribution in [-0.4, -0.2) is 41.9 Å². The highest BCUT2D eigenvalue weighted by atomic mass is 19.1. The second-order valence-corrected chi connectivity index (χ2v) is 5.24. The molecule has 2 rings (SSSR count). The highest BCUT2D eigenvalue weighted by molar-refractivity contribution is 5.64. The molecule has 0 bridgehead atoms. The summed E-state index contributed by atoms with van der Waals surface area (Å²) in [7, 11) is 0. The van der Waals surface area contributed by atoms with Gasteiger partial charge in [-0.3, -0.25) is 0 Å². The Kier molecular flexibility index (Phi) is 5.35. The van der Waals surface area contributed by atoms with Crippen LogP contribution in [0, 0.1) is 5.92 Å². The third kappa shape index (κ3) is 4.20. The lowest BCUT2D eigenvalue weighted by Crippen LogP contribution is -2.41. The summed E-state index contributed by atoms with van der Waals surface area (Å²) in [6.07, 6.45) is -0.586. The number of carboxylic acid groups (broad SMARTS) is 1. The van der Waals surface area contributed by atoms with Gasteiger partial charge >= 0.3 is 6.09 Å². The predicted octanol–water partition coefficient (Wildman–Crippen LogP) is 2.50.